The minimum atomic E-state index is -4.27. The Morgan fingerprint density at radius 1 is 0.769 bits per heavy atom. The van der Waals surface area contributed by atoms with Crippen molar-refractivity contribution in [2.24, 2.45) is 11.5 Å². The Hall–Kier alpha value is 2.42. The van der Waals surface area contributed by atoms with E-state index in [-0.39, 0.29) is 124 Å². The molecule has 0 aromatic carbocycles. The summed E-state index contributed by atoms with van der Waals surface area (Å²) < 4.78 is 56.0. The molecule has 18 heteroatoms. The van der Waals surface area contributed by atoms with E-state index in [0.29, 0.717) is 0 Å². The van der Waals surface area contributed by atoms with E-state index in [1.165, 1.54) is 0 Å². The zero-order valence-electron chi connectivity index (χ0n) is 19.2. The smallest absolute Gasteiger partial charge is 1.00 e. The molecule has 26 heavy (non-hydrogen) atoms. The van der Waals surface area contributed by atoms with Gasteiger partial charge in [0.05, 0.1) is 0 Å². The van der Waals surface area contributed by atoms with Crippen LogP contribution in [0.15, 0.2) is 13.2 Å². The normalized spacial score (nSPS) is 11.4. The minimum absolute atomic E-state index is 0. The zero-order chi connectivity index (χ0) is 18.7. The Balaban J connectivity index is -0.0000000198. The molecule has 0 bridgehead atoms. The summed E-state index contributed by atoms with van der Waals surface area (Å²) >= 11 is 0. The van der Waals surface area contributed by atoms with E-state index in [1.807, 2.05) is 0 Å². The van der Waals surface area contributed by atoms with Crippen LogP contribution < -0.4 is 130 Å². The SMILES string of the molecule is C=C.NC(CS(=O)(=O)O)C(=O)O.NC(CS(=O)(=O)O)C(=O)O.[H-].[H-].[H-].[H-].[Na+].[Na+].[Na+].[Na+]. The third-order valence-corrected chi connectivity index (χ3v) is 2.98. The van der Waals surface area contributed by atoms with Gasteiger partial charge < -0.3 is 27.4 Å². The van der Waals surface area contributed by atoms with Crippen molar-refractivity contribution < 1.29 is 170 Å². The molecule has 0 spiro atoms. The third kappa shape index (κ3) is 40.9. The molecule has 0 radical (unpaired) electrons. The Labute approximate surface area is 246 Å². The Bertz CT molecular complexity index is 539. The fourth-order valence-electron chi connectivity index (χ4n) is 0.596. The molecule has 0 rings (SSSR count). The fraction of sp³-hybridized carbons (Fsp3) is 0.500. The van der Waals surface area contributed by atoms with E-state index in [4.69, 9.17) is 30.8 Å². The van der Waals surface area contributed by atoms with Gasteiger partial charge in [-0.1, -0.05) is 0 Å². The molecule has 0 saturated carbocycles. The monoisotopic (exact) mass is 462 g/mol. The van der Waals surface area contributed by atoms with Crippen LogP contribution in [0.1, 0.15) is 5.71 Å². The van der Waals surface area contributed by atoms with Crippen molar-refractivity contribution in [3.05, 3.63) is 13.2 Å². The first-order valence-electron chi connectivity index (χ1n) is 5.03. The molecule has 0 heterocycles. The van der Waals surface area contributed by atoms with E-state index >= 15 is 0 Å². The molecule has 140 valence electrons. The summed E-state index contributed by atoms with van der Waals surface area (Å²) in [6, 6.07) is -3.12. The van der Waals surface area contributed by atoms with Crippen molar-refractivity contribution in [2.75, 3.05) is 11.5 Å². The van der Waals surface area contributed by atoms with Crippen molar-refractivity contribution in [2.45, 2.75) is 12.1 Å². The van der Waals surface area contributed by atoms with Crippen LogP contribution in [0.4, 0.5) is 0 Å². The summed E-state index contributed by atoms with van der Waals surface area (Å²) in [5.74, 6) is -4.83. The van der Waals surface area contributed by atoms with Gasteiger partial charge in [-0.3, -0.25) is 18.7 Å². The molecule has 0 aliphatic heterocycles. The number of carboxylic acid groups (broad SMARTS) is 2. The van der Waals surface area contributed by atoms with Gasteiger partial charge in [0.25, 0.3) is 20.2 Å². The summed E-state index contributed by atoms with van der Waals surface area (Å²) in [4.78, 5) is 19.8. The van der Waals surface area contributed by atoms with Crippen LogP contribution in [-0.2, 0) is 29.8 Å². The van der Waals surface area contributed by atoms with Gasteiger partial charge in [0.1, 0.15) is 23.6 Å². The Morgan fingerprint density at radius 3 is 0.962 bits per heavy atom. The molecular formula is C8H22N2Na4O10S2. The summed E-state index contributed by atoms with van der Waals surface area (Å²) in [6.07, 6.45) is 0. The second-order valence-electron chi connectivity index (χ2n) is 3.39. The van der Waals surface area contributed by atoms with Crippen LogP contribution in [0.3, 0.4) is 0 Å². The number of hydrogen-bond donors (Lipinski definition) is 6. The third-order valence-electron chi connectivity index (χ3n) is 1.41. The largest absolute Gasteiger partial charge is 1.00 e. The molecule has 0 saturated heterocycles. The zero-order valence-corrected chi connectivity index (χ0v) is 24.8. The van der Waals surface area contributed by atoms with Gasteiger partial charge in [0.15, 0.2) is 0 Å². The van der Waals surface area contributed by atoms with Crippen molar-refractivity contribution >= 4 is 32.2 Å². The van der Waals surface area contributed by atoms with E-state index in [1.54, 1.807) is 0 Å². The number of hydrogen-bond acceptors (Lipinski definition) is 8. The first-order chi connectivity index (χ1) is 9.65. The van der Waals surface area contributed by atoms with Gasteiger partial charge in [0, 0.05) is 0 Å². The van der Waals surface area contributed by atoms with Gasteiger partial charge in [-0.25, -0.2) is 0 Å². The molecule has 2 atom stereocenters. The first kappa shape index (κ1) is 46.6. The van der Waals surface area contributed by atoms with Gasteiger partial charge in [0.2, 0.25) is 0 Å². The predicted molar refractivity (Wildman–Crippen MR) is 79.8 cm³/mol. The van der Waals surface area contributed by atoms with Crippen LogP contribution in [0.2, 0.25) is 0 Å². The van der Waals surface area contributed by atoms with Crippen LogP contribution in [-0.4, -0.2) is 71.7 Å². The maximum absolute atomic E-state index is 9.96. The Kier molecular flexibility index (Phi) is 42.4. The topological polar surface area (TPSA) is 235 Å². The number of nitrogens with two attached hydrogens (primary N) is 2. The van der Waals surface area contributed by atoms with Crippen molar-refractivity contribution in [1.82, 2.24) is 0 Å². The quantitative estimate of drug-likeness (QED) is 0.123. The van der Waals surface area contributed by atoms with Crippen LogP contribution in [0, 0.1) is 0 Å². The molecule has 12 nitrogen and oxygen atoms in total. The van der Waals surface area contributed by atoms with Gasteiger partial charge in [-0.15, -0.1) is 13.2 Å². The summed E-state index contributed by atoms with van der Waals surface area (Å²) in [5.41, 5.74) is 9.53. The predicted octanol–water partition coefficient (Wildman–Crippen LogP) is -14.2. The van der Waals surface area contributed by atoms with E-state index in [9.17, 15) is 26.4 Å². The van der Waals surface area contributed by atoms with Crippen LogP contribution in [0.25, 0.3) is 0 Å². The molecule has 0 fully saturated rings. The average molecular weight is 462 g/mol. The Morgan fingerprint density at radius 2 is 0.923 bits per heavy atom. The van der Waals surface area contributed by atoms with Crippen LogP contribution in [0.5, 0.6) is 0 Å². The standard InChI is InChI=1S/2C3H7NO5S.C2H4.4Na.4H/c2*4-2(3(5)6)1-10(7,8)9;1-2;;;;;;;;/h2*2H,1,4H2,(H,5,6)(H,7,8,9);1-2H2;;;;;;;;/q;;;4*+1;4*-1. The number of carboxylic acids is 2. The van der Waals surface area contributed by atoms with E-state index in [2.05, 4.69) is 13.2 Å². The summed E-state index contributed by atoms with van der Waals surface area (Å²) in [5, 5.41) is 16.1. The number of rotatable bonds is 6. The number of carbonyl (C=O) groups is 2. The van der Waals surface area contributed by atoms with Gasteiger partial charge >= 0.3 is 130 Å². The van der Waals surface area contributed by atoms with Crippen molar-refractivity contribution in [1.29, 1.82) is 0 Å². The average Bonchev–Trinajstić information content (AvgIpc) is 2.27. The molecule has 8 N–H and O–H groups in total. The van der Waals surface area contributed by atoms with E-state index in [0.717, 1.165) is 0 Å². The van der Waals surface area contributed by atoms with Crippen molar-refractivity contribution in [3.63, 3.8) is 0 Å². The molecule has 0 amide bonds. The maximum Gasteiger partial charge on any atom is 1.00 e. The molecule has 0 aromatic heterocycles. The second-order valence-corrected chi connectivity index (χ2v) is 6.38. The molecule has 0 aliphatic rings. The van der Waals surface area contributed by atoms with Gasteiger partial charge in [-0.05, 0) is 0 Å². The van der Waals surface area contributed by atoms with Gasteiger partial charge in [-0.2, -0.15) is 16.8 Å². The molecule has 2 unspecified atom stereocenters. The van der Waals surface area contributed by atoms with Crippen molar-refractivity contribution in [3.8, 4) is 0 Å². The molecular weight excluding hydrogens is 440 g/mol. The fourth-order valence-corrected chi connectivity index (χ4v) is 1.79. The maximum atomic E-state index is 9.96. The van der Waals surface area contributed by atoms with Crippen LogP contribution >= 0.6 is 0 Å². The second kappa shape index (κ2) is 23.7. The van der Waals surface area contributed by atoms with E-state index < -0.39 is 55.8 Å². The summed E-state index contributed by atoms with van der Waals surface area (Å²) in [7, 11) is -8.55. The molecule has 0 aliphatic carbocycles. The minimum Gasteiger partial charge on any atom is -1.00 e. The molecule has 0 aromatic rings. The summed E-state index contributed by atoms with van der Waals surface area (Å²) in [6.45, 7) is 6.00. The first-order valence-corrected chi connectivity index (χ1v) is 8.24. The number of aliphatic carboxylic acids is 2.